The zero-order valence-electron chi connectivity index (χ0n) is 19.6. The Kier molecular flexibility index (Phi) is 6.22. The zero-order valence-corrected chi connectivity index (χ0v) is 21.2. The Morgan fingerprint density at radius 2 is 1.49 bits per heavy atom. The third kappa shape index (κ3) is 4.63. The first kappa shape index (κ1) is 23.8. The molecule has 4 aromatic rings. The summed E-state index contributed by atoms with van der Waals surface area (Å²) in [7, 11) is 0. The van der Waals surface area contributed by atoms with E-state index in [0.717, 1.165) is 52.8 Å². The lowest BCUT2D eigenvalue weighted by atomic mass is 9.84. The molecule has 1 aliphatic carbocycles. The number of benzene rings is 3. The molecule has 0 saturated carbocycles. The summed E-state index contributed by atoms with van der Waals surface area (Å²) in [4.78, 5) is 19.3. The van der Waals surface area contributed by atoms with Crippen LogP contribution < -0.4 is 14.9 Å². The second-order valence-electron chi connectivity index (χ2n) is 9.13. The van der Waals surface area contributed by atoms with E-state index in [1.807, 2.05) is 24.3 Å². The van der Waals surface area contributed by atoms with Crippen molar-refractivity contribution < 1.29 is 8.78 Å². The lowest BCUT2D eigenvalue weighted by Gasteiger charge is -2.31. The normalized spacial score (nSPS) is 18.5. The van der Waals surface area contributed by atoms with Gasteiger partial charge in [-0.15, -0.1) is 0 Å². The van der Waals surface area contributed by atoms with Crippen LogP contribution in [0.3, 0.4) is 0 Å². The van der Waals surface area contributed by atoms with Crippen molar-refractivity contribution in [1.29, 1.82) is 0 Å². The maximum absolute atomic E-state index is 13.8. The van der Waals surface area contributed by atoms with E-state index in [-0.39, 0.29) is 23.2 Å². The second kappa shape index (κ2) is 9.69. The predicted octanol–water partition coefficient (Wildman–Crippen LogP) is 6.41. The Morgan fingerprint density at radius 3 is 2.19 bits per heavy atom. The molecule has 37 heavy (non-hydrogen) atoms. The average Bonchev–Trinajstić information content (AvgIpc) is 3.21. The molecule has 184 valence electrons. The molecular formula is C30H21ClF2N2OS. The van der Waals surface area contributed by atoms with Crippen LogP contribution in [0, 0.1) is 11.6 Å². The van der Waals surface area contributed by atoms with Gasteiger partial charge in [0.1, 0.15) is 11.6 Å². The number of allylic oxidation sites excluding steroid dienone is 2. The summed E-state index contributed by atoms with van der Waals surface area (Å²) in [5.41, 5.74) is 5.43. The van der Waals surface area contributed by atoms with E-state index in [1.54, 1.807) is 41.0 Å². The number of hydrogen-bond acceptors (Lipinski definition) is 3. The highest BCUT2D eigenvalue weighted by Crippen LogP contribution is 2.41. The Balaban J connectivity index is 1.57. The summed E-state index contributed by atoms with van der Waals surface area (Å²) in [6, 6.07) is 19.7. The number of thiazole rings is 1. The van der Waals surface area contributed by atoms with Gasteiger partial charge in [-0.3, -0.25) is 9.36 Å². The smallest absolute Gasteiger partial charge is 0.271 e. The summed E-state index contributed by atoms with van der Waals surface area (Å²) in [5, 5.41) is 0.628. The fourth-order valence-electron chi connectivity index (χ4n) is 4.97. The highest BCUT2D eigenvalue weighted by atomic mass is 35.5. The highest BCUT2D eigenvalue weighted by molar-refractivity contribution is 7.07. The van der Waals surface area contributed by atoms with E-state index < -0.39 is 0 Å². The molecule has 0 bridgehead atoms. The van der Waals surface area contributed by atoms with Gasteiger partial charge in [0.25, 0.3) is 5.56 Å². The van der Waals surface area contributed by atoms with Crippen LogP contribution in [0.4, 0.5) is 8.78 Å². The maximum atomic E-state index is 13.8. The third-order valence-corrected chi connectivity index (χ3v) is 7.93. The van der Waals surface area contributed by atoms with Gasteiger partial charge in [-0.25, -0.2) is 13.8 Å². The minimum absolute atomic E-state index is 0.130. The summed E-state index contributed by atoms with van der Waals surface area (Å²) < 4.78 is 29.6. The van der Waals surface area contributed by atoms with Gasteiger partial charge < -0.3 is 0 Å². The van der Waals surface area contributed by atoms with Crippen LogP contribution in [-0.2, 0) is 0 Å². The van der Waals surface area contributed by atoms with Crippen molar-refractivity contribution in [3.63, 3.8) is 0 Å². The summed E-state index contributed by atoms with van der Waals surface area (Å²) in [5.74, 6) is -0.606. The van der Waals surface area contributed by atoms with Crippen molar-refractivity contribution in [3.05, 3.63) is 143 Å². The minimum atomic E-state index is -0.379. The van der Waals surface area contributed by atoms with Crippen LogP contribution in [0.15, 0.2) is 99.4 Å². The van der Waals surface area contributed by atoms with Crippen molar-refractivity contribution in [2.24, 2.45) is 4.99 Å². The first-order valence-electron chi connectivity index (χ1n) is 12.0. The average molecular weight is 531 g/mol. The number of nitrogens with zero attached hydrogens (tertiary/aromatic N) is 2. The van der Waals surface area contributed by atoms with Crippen LogP contribution in [0.5, 0.6) is 0 Å². The van der Waals surface area contributed by atoms with Gasteiger partial charge in [0.15, 0.2) is 4.80 Å². The fraction of sp³-hybridized carbons (Fsp3) is 0.133. The molecule has 3 nitrogen and oxygen atoms in total. The van der Waals surface area contributed by atoms with E-state index in [0.29, 0.717) is 14.4 Å². The molecule has 2 aliphatic rings. The van der Waals surface area contributed by atoms with Gasteiger partial charge in [0.2, 0.25) is 0 Å². The van der Waals surface area contributed by atoms with E-state index in [4.69, 9.17) is 16.6 Å². The summed E-state index contributed by atoms with van der Waals surface area (Å²) >= 11 is 7.37. The standard InChI is InChI=1S/C30H21ClF2N2OS/c31-22-10-4-19(5-11-22)17-26-29(36)35-28(20-8-14-24(33)15-9-20)25-3-1-2-21(27(25)34-30(35)37-26)16-18-6-12-23(32)13-7-18/h4-17,28H,1-3H2/b21-16-,26-17+. The molecule has 1 aliphatic heterocycles. The van der Waals surface area contributed by atoms with Crippen molar-refractivity contribution in [2.45, 2.75) is 25.3 Å². The first-order valence-corrected chi connectivity index (χ1v) is 13.2. The van der Waals surface area contributed by atoms with Crippen molar-refractivity contribution in [2.75, 3.05) is 0 Å². The van der Waals surface area contributed by atoms with E-state index in [9.17, 15) is 13.6 Å². The molecule has 0 radical (unpaired) electrons. The predicted molar refractivity (Wildman–Crippen MR) is 144 cm³/mol. The monoisotopic (exact) mass is 530 g/mol. The number of fused-ring (bicyclic) bond motifs is 1. The van der Waals surface area contributed by atoms with Crippen LogP contribution in [0.2, 0.25) is 5.02 Å². The Labute approximate surface area is 221 Å². The number of aromatic nitrogens is 1. The molecule has 0 fully saturated rings. The van der Waals surface area contributed by atoms with Crippen molar-refractivity contribution in [3.8, 4) is 0 Å². The van der Waals surface area contributed by atoms with Crippen molar-refractivity contribution >= 4 is 35.1 Å². The molecule has 0 saturated heterocycles. The van der Waals surface area contributed by atoms with E-state index >= 15 is 0 Å². The molecule has 3 aromatic carbocycles. The number of hydrogen-bond donors (Lipinski definition) is 0. The highest BCUT2D eigenvalue weighted by Gasteiger charge is 2.32. The van der Waals surface area contributed by atoms with Crippen LogP contribution in [0.1, 0.15) is 42.0 Å². The summed E-state index contributed by atoms with van der Waals surface area (Å²) in [6.07, 6.45) is 6.40. The van der Waals surface area contributed by atoms with Gasteiger partial charge in [-0.05, 0) is 95.6 Å². The molecule has 7 heteroatoms. The molecule has 1 aromatic heterocycles. The van der Waals surface area contributed by atoms with Crippen LogP contribution >= 0.6 is 22.9 Å². The fourth-order valence-corrected chi connectivity index (χ4v) is 6.10. The van der Waals surface area contributed by atoms with Crippen LogP contribution in [-0.4, -0.2) is 4.57 Å². The van der Waals surface area contributed by atoms with Crippen LogP contribution in [0.25, 0.3) is 12.2 Å². The van der Waals surface area contributed by atoms with Gasteiger partial charge in [0, 0.05) is 5.02 Å². The number of rotatable bonds is 3. The lowest BCUT2D eigenvalue weighted by Crippen LogP contribution is -2.39. The maximum Gasteiger partial charge on any atom is 0.271 e. The van der Waals surface area contributed by atoms with E-state index in [2.05, 4.69) is 0 Å². The molecule has 1 atom stereocenters. The molecule has 1 unspecified atom stereocenters. The van der Waals surface area contributed by atoms with Gasteiger partial charge in [-0.1, -0.05) is 59.3 Å². The molecule has 2 heterocycles. The molecule has 6 rings (SSSR count). The van der Waals surface area contributed by atoms with Gasteiger partial charge in [-0.2, -0.15) is 0 Å². The first-order chi connectivity index (χ1) is 18.0. The Morgan fingerprint density at radius 1 is 0.865 bits per heavy atom. The van der Waals surface area contributed by atoms with Crippen molar-refractivity contribution in [1.82, 2.24) is 4.57 Å². The third-order valence-electron chi connectivity index (χ3n) is 6.70. The Bertz CT molecular complexity index is 1730. The number of halogens is 3. The second-order valence-corrected chi connectivity index (χ2v) is 10.6. The van der Waals surface area contributed by atoms with Gasteiger partial charge >= 0.3 is 0 Å². The lowest BCUT2D eigenvalue weighted by molar-refractivity contribution is 0.551. The largest absolute Gasteiger partial charge is 0.272 e. The molecule has 0 N–H and O–H groups in total. The SMILES string of the molecule is O=c1/c(=C\c2ccc(Cl)cc2)sc2n1C(c1ccc(F)cc1)C1=C(N=2)/C(=C\c2ccc(F)cc2)CCC1. The minimum Gasteiger partial charge on any atom is -0.272 e. The topological polar surface area (TPSA) is 34.4 Å². The molecule has 0 spiro atoms. The molecular weight excluding hydrogens is 510 g/mol. The van der Waals surface area contributed by atoms with E-state index in [1.165, 1.54) is 35.6 Å². The zero-order chi connectivity index (χ0) is 25.5. The summed E-state index contributed by atoms with van der Waals surface area (Å²) in [6.45, 7) is 0. The Hall–Kier alpha value is -3.61. The quantitative estimate of drug-likeness (QED) is 0.301. The van der Waals surface area contributed by atoms with Gasteiger partial charge in [0.05, 0.1) is 16.3 Å². The molecule has 0 amide bonds.